The zero-order valence-corrected chi connectivity index (χ0v) is 12.0. The highest BCUT2D eigenvalue weighted by atomic mass is 16.5. The molecule has 1 atom stereocenters. The summed E-state index contributed by atoms with van der Waals surface area (Å²) in [5, 5.41) is 6.94. The molecular formula is C13H21N5O2. The second kappa shape index (κ2) is 5.49. The second-order valence-electron chi connectivity index (χ2n) is 5.62. The van der Waals surface area contributed by atoms with E-state index in [0.717, 1.165) is 5.82 Å². The molecule has 7 nitrogen and oxygen atoms in total. The quantitative estimate of drug-likeness (QED) is 0.846. The van der Waals surface area contributed by atoms with E-state index in [1.165, 1.54) is 12.8 Å². The van der Waals surface area contributed by atoms with Crippen molar-refractivity contribution in [2.75, 3.05) is 33.3 Å². The number of hydrogen-bond donors (Lipinski definition) is 1. The standard InChI is InChI=1S/C13H21N5O2/c1-9-14-13(16-15-9)11-7-18(5-6-20-11)12(19)8-17(2)10-3-4-10/h10-11H,3-8H2,1-2H3,(H,14,15,16). The monoisotopic (exact) mass is 279 g/mol. The lowest BCUT2D eigenvalue weighted by Crippen LogP contribution is -2.46. The van der Waals surface area contributed by atoms with Gasteiger partial charge >= 0.3 is 0 Å². The number of hydrogen-bond acceptors (Lipinski definition) is 5. The van der Waals surface area contributed by atoms with Gasteiger partial charge in [0.15, 0.2) is 5.82 Å². The average molecular weight is 279 g/mol. The molecule has 1 aromatic heterocycles. The van der Waals surface area contributed by atoms with Crippen LogP contribution in [-0.2, 0) is 9.53 Å². The van der Waals surface area contributed by atoms with Crippen LogP contribution in [0.2, 0.25) is 0 Å². The van der Waals surface area contributed by atoms with Crippen molar-refractivity contribution < 1.29 is 9.53 Å². The van der Waals surface area contributed by atoms with Crippen LogP contribution in [-0.4, -0.2) is 70.2 Å². The van der Waals surface area contributed by atoms with Gasteiger partial charge in [0, 0.05) is 12.6 Å². The van der Waals surface area contributed by atoms with Crippen LogP contribution >= 0.6 is 0 Å². The molecule has 2 fully saturated rings. The van der Waals surface area contributed by atoms with Gasteiger partial charge in [0.2, 0.25) is 5.91 Å². The lowest BCUT2D eigenvalue weighted by Gasteiger charge is -2.32. The van der Waals surface area contributed by atoms with Crippen molar-refractivity contribution in [1.82, 2.24) is 25.0 Å². The summed E-state index contributed by atoms with van der Waals surface area (Å²) in [6.45, 7) is 4.07. The molecule has 1 aliphatic carbocycles. The number of rotatable bonds is 4. The topological polar surface area (TPSA) is 74.3 Å². The smallest absolute Gasteiger partial charge is 0.236 e. The van der Waals surface area contributed by atoms with Crippen LogP contribution in [0.3, 0.4) is 0 Å². The Balaban J connectivity index is 1.58. The van der Waals surface area contributed by atoms with E-state index >= 15 is 0 Å². The molecular weight excluding hydrogens is 258 g/mol. The highest BCUT2D eigenvalue weighted by Gasteiger charge is 2.31. The van der Waals surface area contributed by atoms with Crippen LogP contribution in [0.5, 0.6) is 0 Å². The van der Waals surface area contributed by atoms with Gasteiger partial charge in [-0.2, -0.15) is 5.10 Å². The Hall–Kier alpha value is -1.47. The Labute approximate surface area is 118 Å². The van der Waals surface area contributed by atoms with E-state index in [9.17, 15) is 4.79 Å². The number of ether oxygens (including phenoxy) is 1. The van der Waals surface area contributed by atoms with Gasteiger partial charge in [-0.1, -0.05) is 0 Å². The third-order valence-electron chi connectivity index (χ3n) is 3.88. The number of H-pyrrole nitrogens is 1. The zero-order chi connectivity index (χ0) is 14.1. The van der Waals surface area contributed by atoms with E-state index in [0.29, 0.717) is 38.1 Å². The zero-order valence-electron chi connectivity index (χ0n) is 12.0. The molecule has 0 radical (unpaired) electrons. The summed E-state index contributed by atoms with van der Waals surface area (Å²) in [7, 11) is 2.02. The first kappa shape index (κ1) is 13.5. The number of likely N-dealkylation sites (N-methyl/N-ethyl adjacent to an activating group) is 1. The Morgan fingerprint density at radius 2 is 2.35 bits per heavy atom. The van der Waals surface area contributed by atoms with Gasteiger partial charge in [-0.15, -0.1) is 0 Å². The number of aromatic nitrogens is 3. The molecule has 1 saturated carbocycles. The van der Waals surface area contributed by atoms with E-state index in [1.807, 2.05) is 18.9 Å². The predicted molar refractivity (Wildman–Crippen MR) is 72.0 cm³/mol. The fraction of sp³-hybridized carbons (Fsp3) is 0.769. The molecule has 0 aromatic carbocycles. The number of nitrogens with zero attached hydrogens (tertiary/aromatic N) is 4. The minimum atomic E-state index is -0.219. The Morgan fingerprint density at radius 1 is 1.55 bits per heavy atom. The SMILES string of the molecule is Cc1nc(C2CN(C(=O)CN(C)C3CC3)CCO2)n[nH]1. The highest BCUT2D eigenvalue weighted by Crippen LogP contribution is 2.25. The number of aryl methyl sites for hydroxylation is 1. The normalized spacial score (nSPS) is 23.4. The second-order valence-corrected chi connectivity index (χ2v) is 5.62. The third-order valence-corrected chi connectivity index (χ3v) is 3.88. The lowest BCUT2D eigenvalue weighted by molar-refractivity contribution is -0.140. The first-order valence-electron chi connectivity index (χ1n) is 7.12. The van der Waals surface area contributed by atoms with Gasteiger partial charge < -0.3 is 9.64 Å². The fourth-order valence-corrected chi connectivity index (χ4v) is 2.49. The van der Waals surface area contributed by atoms with Crippen molar-refractivity contribution in [2.24, 2.45) is 0 Å². The molecule has 1 aliphatic heterocycles. The van der Waals surface area contributed by atoms with E-state index < -0.39 is 0 Å². The van der Waals surface area contributed by atoms with Crippen LogP contribution < -0.4 is 0 Å². The van der Waals surface area contributed by atoms with Crippen molar-refractivity contribution in [1.29, 1.82) is 0 Å². The first-order valence-corrected chi connectivity index (χ1v) is 7.12. The maximum Gasteiger partial charge on any atom is 0.236 e. The maximum atomic E-state index is 12.3. The van der Waals surface area contributed by atoms with E-state index in [4.69, 9.17) is 4.74 Å². The molecule has 0 bridgehead atoms. The Morgan fingerprint density at radius 3 is 3.00 bits per heavy atom. The average Bonchev–Trinajstić information content (AvgIpc) is 3.21. The molecule has 20 heavy (non-hydrogen) atoms. The summed E-state index contributed by atoms with van der Waals surface area (Å²) in [5.41, 5.74) is 0. The summed E-state index contributed by atoms with van der Waals surface area (Å²) in [6.07, 6.45) is 2.21. The van der Waals surface area contributed by atoms with Crippen molar-refractivity contribution in [3.05, 3.63) is 11.6 Å². The van der Waals surface area contributed by atoms with E-state index in [-0.39, 0.29) is 12.0 Å². The van der Waals surface area contributed by atoms with Crippen LogP contribution in [0.1, 0.15) is 30.6 Å². The molecule has 1 aromatic rings. The molecule has 1 N–H and O–H groups in total. The largest absolute Gasteiger partial charge is 0.366 e. The van der Waals surface area contributed by atoms with Gasteiger partial charge in [0.05, 0.1) is 19.7 Å². The molecule has 2 aliphatic rings. The van der Waals surface area contributed by atoms with E-state index in [2.05, 4.69) is 20.1 Å². The van der Waals surface area contributed by atoms with Crippen LogP contribution in [0, 0.1) is 6.92 Å². The summed E-state index contributed by atoms with van der Waals surface area (Å²) >= 11 is 0. The summed E-state index contributed by atoms with van der Waals surface area (Å²) in [4.78, 5) is 20.6. The first-order chi connectivity index (χ1) is 9.63. The number of nitrogens with one attached hydrogen (secondary N) is 1. The number of aromatic amines is 1. The molecule has 1 unspecified atom stereocenters. The van der Waals surface area contributed by atoms with Gasteiger partial charge in [-0.05, 0) is 26.8 Å². The molecule has 2 heterocycles. The fourth-order valence-electron chi connectivity index (χ4n) is 2.49. The molecule has 0 spiro atoms. The number of amides is 1. The van der Waals surface area contributed by atoms with Crippen molar-refractivity contribution in [2.45, 2.75) is 31.9 Å². The Kier molecular flexibility index (Phi) is 3.71. The summed E-state index contributed by atoms with van der Waals surface area (Å²) < 4.78 is 5.67. The van der Waals surface area contributed by atoms with Crippen molar-refractivity contribution in [3.8, 4) is 0 Å². The van der Waals surface area contributed by atoms with Crippen molar-refractivity contribution in [3.63, 3.8) is 0 Å². The van der Waals surface area contributed by atoms with Crippen LogP contribution in [0.25, 0.3) is 0 Å². The number of morpholine rings is 1. The molecule has 1 amide bonds. The molecule has 3 rings (SSSR count). The molecule has 1 saturated heterocycles. The molecule has 110 valence electrons. The van der Waals surface area contributed by atoms with E-state index in [1.54, 1.807) is 0 Å². The Bertz CT molecular complexity index is 485. The van der Waals surface area contributed by atoms with Gasteiger partial charge in [0.1, 0.15) is 11.9 Å². The minimum absolute atomic E-state index is 0.167. The lowest BCUT2D eigenvalue weighted by atomic mass is 10.2. The van der Waals surface area contributed by atoms with Gasteiger partial charge in [0.25, 0.3) is 0 Å². The summed E-state index contributed by atoms with van der Waals surface area (Å²) in [5.74, 6) is 1.57. The predicted octanol–water partition coefficient (Wildman–Crippen LogP) is 0.107. The van der Waals surface area contributed by atoms with Crippen LogP contribution in [0.15, 0.2) is 0 Å². The molecule has 7 heteroatoms. The van der Waals surface area contributed by atoms with Crippen molar-refractivity contribution >= 4 is 5.91 Å². The van der Waals surface area contributed by atoms with Gasteiger partial charge in [-0.25, -0.2) is 4.98 Å². The van der Waals surface area contributed by atoms with Crippen LogP contribution in [0.4, 0.5) is 0 Å². The highest BCUT2D eigenvalue weighted by molar-refractivity contribution is 5.78. The minimum Gasteiger partial charge on any atom is -0.366 e. The number of carbonyl (C=O) groups excluding carboxylic acids is 1. The maximum absolute atomic E-state index is 12.3. The van der Waals surface area contributed by atoms with Gasteiger partial charge in [-0.3, -0.25) is 14.8 Å². The number of carbonyl (C=O) groups is 1. The third kappa shape index (κ3) is 2.99. The summed E-state index contributed by atoms with van der Waals surface area (Å²) in [6, 6.07) is 0.603.